The van der Waals surface area contributed by atoms with Gasteiger partial charge < -0.3 is 24.8 Å². The van der Waals surface area contributed by atoms with E-state index in [2.05, 4.69) is 16.8 Å². The van der Waals surface area contributed by atoms with Gasteiger partial charge in [-0.1, -0.05) is 73.2 Å². The van der Waals surface area contributed by atoms with Crippen LogP contribution in [-0.4, -0.2) is 82.1 Å². The zero-order valence-corrected chi connectivity index (χ0v) is 28.2. The minimum Gasteiger partial charge on any atom is -0.497 e. The standard InChI is InChI=1S/C40H42N4O6/c1-3-28-24-40(28,39(47)48)42-37(45)34-22-30(25-44(34)38(46)36(27-15-9-5-10-16-27)43-19-11-6-12-20-43)50-35-23-32(26-13-7-4-8-14-26)41-33-21-29(49-2)17-18-31(33)35/h3-5,7-10,13-18,21,23,28,30,34,36H,1,6,11-12,19-20,22,24-25H2,2H3,(H,42,45)(H,47,48)/t28?,30-,34+,36?,40?/m1/s1. The summed E-state index contributed by atoms with van der Waals surface area (Å²) in [5, 5.41) is 13.7. The van der Waals surface area contributed by atoms with E-state index in [-0.39, 0.29) is 31.2 Å². The number of carboxylic acids is 1. The van der Waals surface area contributed by atoms with Crippen LogP contribution in [0.2, 0.25) is 0 Å². The first-order valence-electron chi connectivity index (χ1n) is 17.3. The van der Waals surface area contributed by atoms with Gasteiger partial charge in [0.15, 0.2) is 0 Å². The maximum atomic E-state index is 14.8. The number of amides is 2. The lowest BCUT2D eigenvalue weighted by Gasteiger charge is -2.37. The lowest BCUT2D eigenvalue weighted by molar-refractivity contribution is -0.146. The van der Waals surface area contributed by atoms with Crippen LogP contribution < -0.4 is 14.8 Å². The van der Waals surface area contributed by atoms with E-state index in [0.717, 1.165) is 48.9 Å². The molecule has 2 N–H and O–H groups in total. The number of likely N-dealkylation sites (tertiary alicyclic amines) is 2. The van der Waals surface area contributed by atoms with E-state index in [1.165, 1.54) is 0 Å². The first-order valence-corrected chi connectivity index (χ1v) is 17.3. The van der Waals surface area contributed by atoms with Gasteiger partial charge in [-0.05, 0) is 50.0 Å². The third kappa shape index (κ3) is 6.43. The van der Waals surface area contributed by atoms with Crippen molar-refractivity contribution in [1.82, 2.24) is 20.1 Å². The van der Waals surface area contributed by atoms with Crippen LogP contribution in [0, 0.1) is 5.92 Å². The van der Waals surface area contributed by atoms with Gasteiger partial charge in [-0.25, -0.2) is 9.78 Å². The highest BCUT2D eigenvalue weighted by Crippen LogP contribution is 2.45. The van der Waals surface area contributed by atoms with Crippen LogP contribution in [0.5, 0.6) is 11.5 Å². The molecule has 3 aliphatic rings. The Morgan fingerprint density at radius 3 is 2.38 bits per heavy atom. The number of hydrogen-bond donors (Lipinski definition) is 2. The molecular weight excluding hydrogens is 632 g/mol. The van der Waals surface area contributed by atoms with Crippen LogP contribution in [0.15, 0.2) is 97.6 Å². The summed E-state index contributed by atoms with van der Waals surface area (Å²) >= 11 is 0. The summed E-state index contributed by atoms with van der Waals surface area (Å²) < 4.78 is 12.2. The van der Waals surface area contributed by atoms with Gasteiger partial charge in [0.2, 0.25) is 11.8 Å². The Hall–Kier alpha value is -5.22. The SMILES string of the molecule is C=CC1CC1(NC(=O)[C@@H]1C[C@@H](Oc2cc(-c3ccccc3)nc3cc(OC)ccc23)CN1C(=O)C(c1ccccc1)N1CCCCC1)C(=O)O. The second kappa shape index (κ2) is 14.0. The summed E-state index contributed by atoms with van der Waals surface area (Å²) in [6, 6.07) is 25.4. The van der Waals surface area contributed by atoms with E-state index in [9.17, 15) is 19.5 Å². The molecule has 0 radical (unpaired) electrons. The summed E-state index contributed by atoms with van der Waals surface area (Å²) in [4.78, 5) is 50.0. The second-order valence-corrected chi connectivity index (χ2v) is 13.5. The molecule has 0 bridgehead atoms. The summed E-state index contributed by atoms with van der Waals surface area (Å²) in [7, 11) is 1.61. The Kier molecular flexibility index (Phi) is 9.29. The Morgan fingerprint density at radius 2 is 1.72 bits per heavy atom. The second-order valence-electron chi connectivity index (χ2n) is 13.5. The van der Waals surface area contributed by atoms with Crippen molar-refractivity contribution in [2.75, 3.05) is 26.7 Å². The number of methoxy groups -OCH3 is 1. The molecule has 2 saturated heterocycles. The monoisotopic (exact) mass is 674 g/mol. The fraction of sp³-hybridized carbons (Fsp3) is 0.350. The van der Waals surface area contributed by atoms with E-state index in [4.69, 9.17) is 14.5 Å². The average molecular weight is 675 g/mol. The summed E-state index contributed by atoms with van der Waals surface area (Å²) in [6.45, 7) is 5.46. The lowest BCUT2D eigenvalue weighted by atomic mass is 10.00. The van der Waals surface area contributed by atoms with Crippen molar-refractivity contribution in [1.29, 1.82) is 0 Å². The third-order valence-corrected chi connectivity index (χ3v) is 10.3. The van der Waals surface area contributed by atoms with Crippen molar-refractivity contribution in [3.05, 3.63) is 103 Å². The lowest BCUT2D eigenvalue weighted by Crippen LogP contribution is -2.54. The molecule has 50 heavy (non-hydrogen) atoms. The summed E-state index contributed by atoms with van der Waals surface area (Å²) in [5.74, 6) is -0.965. The van der Waals surface area contributed by atoms with Gasteiger partial charge in [-0.15, -0.1) is 6.58 Å². The van der Waals surface area contributed by atoms with Gasteiger partial charge in [0.1, 0.15) is 35.2 Å². The summed E-state index contributed by atoms with van der Waals surface area (Å²) in [5.41, 5.74) is 1.74. The van der Waals surface area contributed by atoms with Gasteiger partial charge in [-0.3, -0.25) is 14.5 Å². The number of pyridine rings is 1. The van der Waals surface area contributed by atoms with Crippen molar-refractivity contribution < 1.29 is 29.0 Å². The molecule has 2 amide bonds. The fourth-order valence-electron chi connectivity index (χ4n) is 7.51. The predicted octanol–water partition coefficient (Wildman–Crippen LogP) is 5.63. The van der Waals surface area contributed by atoms with E-state index < -0.39 is 35.6 Å². The third-order valence-electron chi connectivity index (χ3n) is 10.3. The molecule has 10 heteroatoms. The molecule has 5 atom stereocenters. The van der Waals surface area contributed by atoms with E-state index in [0.29, 0.717) is 22.7 Å². The number of benzene rings is 3. The highest BCUT2D eigenvalue weighted by Gasteiger charge is 2.61. The Morgan fingerprint density at radius 1 is 1.00 bits per heavy atom. The molecule has 2 aliphatic heterocycles. The number of aliphatic carboxylic acids is 1. The first kappa shape index (κ1) is 33.3. The van der Waals surface area contributed by atoms with E-state index in [1.807, 2.05) is 84.9 Å². The number of hydrogen-bond acceptors (Lipinski definition) is 7. The number of carboxylic acid groups (broad SMARTS) is 1. The Balaban J connectivity index is 1.25. The van der Waals surface area contributed by atoms with Crippen molar-refractivity contribution in [3.8, 4) is 22.8 Å². The molecule has 258 valence electrons. The number of aromatic nitrogens is 1. The van der Waals surface area contributed by atoms with Gasteiger partial charge in [0.25, 0.3) is 0 Å². The maximum absolute atomic E-state index is 14.8. The molecule has 1 aliphatic carbocycles. The normalized spacial score (nSPS) is 23.9. The number of carbonyl (C=O) groups is 3. The van der Waals surface area contributed by atoms with Crippen molar-refractivity contribution in [2.45, 2.75) is 55.8 Å². The number of piperidine rings is 1. The van der Waals surface area contributed by atoms with Crippen LogP contribution >= 0.6 is 0 Å². The minimum atomic E-state index is -1.43. The molecule has 1 aromatic heterocycles. The quantitative estimate of drug-likeness (QED) is 0.197. The molecule has 3 heterocycles. The zero-order chi connectivity index (χ0) is 34.8. The van der Waals surface area contributed by atoms with Gasteiger partial charge >= 0.3 is 5.97 Å². The van der Waals surface area contributed by atoms with E-state index >= 15 is 0 Å². The van der Waals surface area contributed by atoms with Crippen LogP contribution in [0.3, 0.4) is 0 Å². The number of fused-ring (bicyclic) bond motifs is 1. The average Bonchev–Trinajstić information content (AvgIpc) is 3.71. The molecule has 0 spiro atoms. The predicted molar refractivity (Wildman–Crippen MR) is 190 cm³/mol. The van der Waals surface area contributed by atoms with Gasteiger partial charge in [0.05, 0.1) is 24.9 Å². The molecular formula is C40H42N4O6. The van der Waals surface area contributed by atoms with Crippen LogP contribution in [0.25, 0.3) is 22.2 Å². The van der Waals surface area contributed by atoms with Crippen LogP contribution in [0.1, 0.15) is 43.7 Å². The molecule has 7 rings (SSSR count). The minimum absolute atomic E-state index is 0.152. The number of carbonyl (C=O) groups excluding carboxylic acids is 2. The van der Waals surface area contributed by atoms with Crippen LogP contribution in [0.4, 0.5) is 0 Å². The topological polar surface area (TPSA) is 121 Å². The molecule has 1 saturated carbocycles. The van der Waals surface area contributed by atoms with Crippen LogP contribution in [-0.2, 0) is 14.4 Å². The largest absolute Gasteiger partial charge is 0.497 e. The molecule has 4 aromatic rings. The van der Waals surface area contributed by atoms with Gasteiger partial charge in [0, 0.05) is 35.4 Å². The highest BCUT2D eigenvalue weighted by atomic mass is 16.5. The Bertz CT molecular complexity index is 1900. The highest BCUT2D eigenvalue weighted by molar-refractivity contribution is 5.96. The number of rotatable bonds is 11. The van der Waals surface area contributed by atoms with Crippen molar-refractivity contribution in [2.24, 2.45) is 5.92 Å². The fourth-order valence-corrected chi connectivity index (χ4v) is 7.51. The number of ether oxygens (including phenoxy) is 2. The molecule has 3 unspecified atom stereocenters. The maximum Gasteiger partial charge on any atom is 0.330 e. The Labute approximate surface area is 291 Å². The van der Waals surface area contributed by atoms with Crippen molar-refractivity contribution in [3.63, 3.8) is 0 Å². The first-order chi connectivity index (χ1) is 24.3. The van der Waals surface area contributed by atoms with Crippen molar-refractivity contribution >= 4 is 28.7 Å². The molecule has 3 aromatic carbocycles. The summed E-state index contributed by atoms with van der Waals surface area (Å²) in [6.07, 6.45) is 4.53. The molecule has 3 fully saturated rings. The number of nitrogens with one attached hydrogen (secondary N) is 1. The molecule has 10 nitrogen and oxygen atoms in total. The van der Waals surface area contributed by atoms with E-state index in [1.54, 1.807) is 18.1 Å². The van der Waals surface area contributed by atoms with Gasteiger partial charge in [-0.2, -0.15) is 0 Å². The smallest absolute Gasteiger partial charge is 0.330 e. The zero-order valence-electron chi connectivity index (χ0n) is 28.2. The number of nitrogens with zero attached hydrogens (tertiary/aromatic N) is 3.